The molecule has 84 valence electrons. The van der Waals surface area contributed by atoms with Gasteiger partial charge in [0.15, 0.2) is 0 Å². The molecule has 0 saturated heterocycles. The molecule has 1 aromatic rings. The number of hydrogen-bond donors (Lipinski definition) is 0. The summed E-state index contributed by atoms with van der Waals surface area (Å²) >= 11 is 8.08. The molecule has 2 heteroatoms. The van der Waals surface area contributed by atoms with Crippen LogP contribution in [-0.4, -0.2) is 11.1 Å². The van der Waals surface area contributed by atoms with E-state index in [1.54, 1.807) is 0 Å². The van der Waals surface area contributed by atoms with Crippen LogP contribution in [0.3, 0.4) is 0 Å². The lowest BCUT2D eigenvalue weighted by Gasteiger charge is -2.07. The summed E-state index contributed by atoms with van der Waals surface area (Å²) in [6.07, 6.45) is 4.71. The molecule has 1 rings (SSSR count). The molecular formula is C13H19ClS. The fourth-order valence-corrected chi connectivity index (χ4v) is 2.74. The standard InChI is InChI=1S/C13H19ClS/c1-2-7-12(14)8-6-11-15-13-9-4-3-5-10-13/h3-5,9-10,12H,2,6-8,11H2,1H3. The van der Waals surface area contributed by atoms with Gasteiger partial charge in [-0.2, -0.15) is 0 Å². The van der Waals surface area contributed by atoms with Crippen LogP contribution in [0.15, 0.2) is 35.2 Å². The van der Waals surface area contributed by atoms with E-state index in [-0.39, 0.29) is 0 Å². The molecule has 1 atom stereocenters. The predicted molar refractivity (Wildman–Crippen MR) is 70.9 cm³/mol. The SMILES string of the molecule is CCCC(Cl)CCCSc1ccccc1. The monoisotopic (exact) mass is 242 g/mol. The first-order chi connectivity index (χ1) is 7.33. The molecule has 0 N–H and O–H groups in total. The normalized spacial score (nSPS) is 12.7. The van der Waals surface area contributed by atoms with Gasteiger partial charge in [0, 0.05) is 10.3 Å². The van der Waals surface area contributed by atoms with Crippen molar-refractivity contribution in [2.24, 2.45) is 0 Å². The Bertz CT molecular complexity index is 248. The van der Waals surface area contributed by atoms with Crippen molar-refractivity contribution in [1.29, 1.82) is 0 Å². The maximum absolute atomic E-state index is 6.15. The van der Waals surface area contributed by atoms with Crippen LogP contribution < -0.4 is 0 Å². The van der Waals surface area contributed by atoms with Crippen molar-refractivity contribution in [3.63, 3.8) is 0 Å². The zero-order valence-electron chi connectivity index (χ0n) is 9.29. The third-order valence-corrected chi connectivity index (χ3v) is 3.81. The van der Waals surface area contributed by atoms with Crippen molar-refractivity contribution in [2.45, 2.75) is 42.9 Å². The molecule has 1 aromatic carbocycles. The van der Waals surface area contributed by atoms with Crippen molar-refractivity contribution in [3.8, 4) is 0 Å². The molecule has 0 radical (unpaired) electrons. The maximum atomic E-state index is 6.15. The lowest BCUT2D eigenvalue weighted by Crippen LogP contribution is -1.97. The van der Waals surface area contributed by atoms with Gasteiger partial charge < -0.3 is 0 Å². The van der Waals surface area contributed by atoms with Gasteiger partial charge >= 0.3 is 0 Å². The fraction of sp³-hybridized carbons (Fsp3) is 0.538. The quantitative estimate of drug-likeness (QED) is 0.370. The highest BCUT2D eigenvalue weighted by atomic mass is 35.5. The molecule has 0 aliphatic rings. The van der Waals surface area contributed by atoms with E-state index in [4.69, 9.17) is 11.6 Å². The third kappa shape index (κ3) is 6.11. The summed E-state index contributed by atoms with van der Waals surface area (Å²) in [5.74, 6) is 1.18. The second-order valence-corrected chi connectivity index (χ2v) is 5.48. The minimum Gasteiger partial charge on any atom is -0.126 e. The predicted octanol–water partition coefficient (Wildman–Crippen LogP) is 4.97. The Hall–Kier alpha value is -0.140. The van der Waals surface area contributed by atoms with Gasteiger partial charge in [0.05, 0.1) is 0 Å². The summed E-state index contributed by atoms with van der Waals surface area (Å²) in [6, 6.07) is 10.6. The van der Waals surface area contributed by atoms with Crippen molar-refractivity contribution in [3.05, 3.63) is 30.3 Å². The van der Waals surface area contributed by atoms with Gasteiger partial charge in [0.1, 0.15) is 0 Å². The van der Waals surface area contributed by atoms with Crippen molar-refractivity contribution >= 4 is 23.4 Å². The summed E-state index contributed by atoms with van der Waals surface area (Å²) in [5.41, 5.74) is 0. The average molecular weight is 243 g/mol. The maximum Gasteiger partial charge on any atom is 0.0336 e. The van der Waals surface area contributed by atoms with E-state index in [0.29, 0.717) is 5.38 Å². The fourth-order valence-electron chi connectivity index (χ4n) is 1.47. The minimum absolute atomic E-state index is 0.381. The number of thioether (sulfide) groups is 1. The summed E-state index contributed by atoms with van der Waals surface area (Å²) in [6.45, 7) is 2.19. The Morgan fingerprint density at radius 1 is 1.20 bits per heavy atom. The van der Waals surface area contributed by atoms with E-state index in [2.05, 4.69) is 37.3 Å². The van der Waals surface area contributed by atoms with Crippen LogP contribution in [0.5, 0.6) is 0 Å². The van der Waals surface area contributed by atoms with Gasteiger partial charge in [-0.15, -0.1) is 23.4 Å². The first kappa shape index (κ1) is 12.9. The van der Waals surface area contributed by atoms with Crippen molar-refractivity contribution in [2.75, 3.05) is 5.75 Å². The molecule has 0 aliphatic heterocycles. The Balaban J connectivity index is 2.07. The summed E-state index contributed by atoms with van der Waals surface area (Å²) in [7, 11) is 0. The molecule has 0 aromatic heterocycles. The highest BCUT2D eigenvalue weighted by Crippen LogP contribution is 2.20. The molecule has 0 saturated carbocycles. The number of hydrogen-bond acceptors (Lipinski definition) is 1. The molecule has 0 bridgehead atoms. The largest absolute Gasteiger partial charge is 0.126 e. The molecule has 0 amide bonds. The van der Waals surface area contributed by atoms with Crippen LogP contribution in [0.1, 0.15) is 32.6 Å². The Morgan fingerprint density at radius 3 is 2.60 bits per heavy atom. The van der Waals surface area contributed by atoms with Crippen LogP contribution in [0.4, 0.5) is 0 Å². The smallest absolute Gasteiger partial charge is 0.0336 e. The van der Waals surface area contributed by atoms with Crippen LogP contribution >= 0.6 is 23.4 Å². The molecule has 0 spiro atoms. The molecule has 1 unspecified atom stereocenters. The highest BCUT2D eigenvalue weighted by molar-refractivity contribution is 7.99. The van der Waals surface area contributed by atoms with Gasteiger partial charge in [0.25, 0.3) is 0 Å². The van der Waals surface area contributed by atoms with Gasteiger partial charge in [-0.1, -0.05) is 31.5 Å². The molecule has 0 heterocycles. The van der Waals surface area contributed by atoms with E-state index in [9.17, 15) is 0 Å². The summed E-state index contributed by atoms with van der Waals surface area (Å²) in [4.78, 5) is 1.36. The molecule has 0 aliphatic carbocycles. The van der Waals surface area contributed by atoms with Crippen LogP contribution in [0.25, 0.3) is 0 Å². The summed E-state index contributed by atoms with van der Waals surface area (Å²) < 4.78 is 0. The van der Waals surface area contributed by atoms with E-state index in [1.165, 1.54) is 23.5 Å². The third-order valence-electron chi connectivity index (χ3n) is 2.28. The van der Waals surface area contributed by atoms with E-state index < -0.39 is 0 Å². The van der Waals surface area contributed by atoms with Gasteiger partial charge in [-0.05, 0) is 37.1 Å². The Morgan fingerprint density at radius 2 is 1.93 bits per heavy atom. The van der Waals surface area contributed by atoms with E-state index in [0.717, 1.165) is 12.8 Å². The van der Waals surface area contributed by atoms with Gasteiger partial charge in [-0.3, -0.25) is 0 Å². The molecule has 15 heavy (non-hydrogen) atoms. The number of benzene rings is 1. The van der Waals surface area contributed by atoms with Crippen LogP contribution in [0, 0.1) is 0 Å². The topological polar surface area (TPSA) is 0 Å². The van der Waals surface area contributed by atoms with Crippen molar-refractivity contribution in [1.82, 2.24) is 0 Å². The van der Waals surface area contributed by atoms with E-state index in [1.807, 2.05) is 11.8 Å². The van der Waals surface area contributed by atoms with Crippen LogP contribution in [-0.2, 0) is 0 Å². The number of rotatable bonds is 7. The Labute approximate surface area is 102 Å². The van der Waals surface area contributed by atoms with Crippen molar-refractivity contribution < 1.29 is 0 Å². The zero-order valence-corrected chi connectivity index (χ0v) is 10.9. The van der Waals surface area contributed by atoms with Gasteiger partial charge in [0.2, 0.25) is 0 Å². The van der Waals surface area contributed by atoms with Gasteiger partial charge in [-0.25, -0.2) is 0 Å². The van der Waals surface area contributed by atoms with Crippen LogP contribution in [0.2, 0.25) is 0 Å². The molecule has 0 nitrogen and oxygen atoms in total. The highest BCUT2D eigenvalue weighted by Gasteiger charge is 2.02. The average Bonchev–Trinajstić information content (AvgIpc) is 2.26. The first-order valence-corrected chi connectivity index (χ1v) is 7.07. The number of halogens is 1. The first-order valence-electron chi connectivity index (χ1n) is 5.65. The number of alkyl halides is 1. The second kappa shape index (κ2) is 8.06. The Kier molecular flexibility index (Phi) is 6.95. The summed E-state index contributed by atoms with van der Waals surface area (Å²) in [5, 5.41) is 0.381. The second-order valence-electron chi connectivity index (χ2n) is 3.69. The zero-order chi connectivity index (χ0) is 10.9. The molecule has 0 fully saturated rings. The minimum atomic E-state index is 0.381. The lowest BCUT2D eigenvalue weighted by molar-refractivity contribution is 0.668. The lowest BCUT2D eigenvalue weighted by atomic mass is 10.2. The molecular weight excluding hydrogens is 224 g/mol. The van der Waals surface area contributed by atoms with E-state index >= 15 is 0 Å².